The second kappa shape index (κ2) is 10.4. The van der Waals surface area contributed by atoms with Gasteiger partial charge >= 0.3 is 0 Å². The number of nitrogens with zero attached hydrogens (tertiary/aromatic N) is 4. The molecule has 192 valence electrons. The van der Waals surface area contributed by atoms with Crippen molar-refractivity contribution in [3.05, 3.63) is 42.6 Å². The number of carbonyl (C=O) groups excluding carboxylic acids is 2. The van der Waals surface area contributed by atoms with E-state index in [0.717, 1.165) is 5.82 Å². The van der Waals surface area contributed by atoms with E-state index >= 15 is 0 Å². The molecule has 5 rings (SSSR count). The molecule has 1 saturated carbocycles. The topological polar surface area (TPSA) is 87.7 Å². The number of ether oxygens (including phenoxy) is 1. The summed E-state index contributed by atoms with van der Waals surface area (Å²) < 4.78 is 32.9. The molecular weight excluding hydrogens is 468 g/mol. The van der Waals surface area contributed by atoms with E-state index in [9.17, 15) is 18.4 Å². The smallest absolute Gasteiger partial charge is 0.248 e. The Hall–Kier alpha value is -3.30. The van der Waals surface area contributed by atoms with Gasteiger partial charge in [-0.3, -0.25) is 9.59 Å². The van der Waals surface area contributed by atoms with E-state index in [2.05, 4.69) is 15.5 Å². The molecule has 1 N–H and O–H groups in total. The van der Waals surface area contributed by atoms with Crippen LogP contribution in [0.4, 0.5) is 20.3 Å². The first-order valence-electron chi connectivity index (χ1n) is 12.6. The van der Waals surface area contributed by atoms with Gasteiger partial charge in [0, 0.05) is 69.7 Å². The van der Waals surface area contributed by atoms with Crippen LogP contribution in [-0.2, 0) is 9.59 Å². The van der Waals surface area contributed by atoms with Crippen LogP contribution >= 0.6 is 0 Å². The lowest BCUT2D eigenvalue weighted by Crippen LogP contribution is -2.52. The predicted molar refractivity (Wildman–Crippen MR) is 130 cm³/mol. The standard InChI is InChI=1S/C26H31F2N5O3/c27-26(28)11-7-18(8-12-26)25(35)32-14-9-22(10-15-32)36-21-5-3-20(4-6-21)30-24(34)19-16-33(17-19)23-2-1-13-29-31-23/h1-6,13,18-19,22H,7-12,14-17H2,(H,30,34). The predicted octanol–water partition coefficient (Wildman–Crippen LogP) is 3.75. The second-order valence-corrected chi connectivity index (χ2v) is 9.97. The minimum atomic E-state index is -2.62. The molecule has 8 nitrogen and oxygen atoms in total. The molecular formula is C26H31F2N5O3. The molecule has 3 heterocycles. The highest BCUT2D eigenvalue weighted by molar-refractivity contribution is 5.94. The van der Waals surface area contributed by atoms with Crippen LogP contribution in [0, 0.1) is 11.8 Å². The summed E-state index contributed by atoms with van der Waals surface area (Å²) in [4.78, 5) is 29.1. The number of nitrogens with one attached hydrogen (secondary N) is 1. The number of halogens is 2. The summed E-state index contributed by atoms with van der Waals surface area (Å²) in [6.45, 7) is 2.38. The minimum absolute atomic E-state index is 0.00720. The Morgan fingerprint density at radius 2 is 1.67 bits per heavy atom. The molecule has 2 saturated heterocycles. The number of hydrogen-bond acceptors (Lipinski definition) is 6. The Morgan fingerprint density at radius 1 is 0.972 bits per heavy atom. The van der Waals surface area contributed by atoms with E-state index in [1.807, 2.05) is 41.3 Å². The third-order valence-corrected chi connectivity index (χ3v) is 7.38. The Bertz CT molecular complexity index is 1050. The Labute approximate surface area is 209 Å². The minimum Gasteiger partial charge on any atom is -0.490 e. The average Bonchev–Trinajstić information content (AvgIpc) is 2.85. The summed E-state index contributed by atoms with van der Waals surface area (Å²) in [5, 5.41) is 10.9. The molecule has 0 spiro atoms. The zero-order valence-electron chi connectivity index (χ0n) is 20.1. The van der Waals surface area contributed by atoms with Crippen molar-refractivity contribution >= 4 is 23.3 Å². The van der Waals surface area contributed by atoms with Crippen molar-refractivity contribution < 1.29 is 23.1 Å². The van der Waals surface area contributed by atoms with Crippen molar-refractivity contribution in [1.82, 2.24) is 15.1 Å². The fourth-order valence-corrected chi connectivity index (χ4v) is 5.09. The van der Waals surface area contributed by atoms with Gasteiger partial charge < -0.3 is 19.9 Å². The zero-order chi connectivity index (χ0) is 25.1. The van der Waals surface area contributed by atoms with Gasteiger partial charge in [0.1, 0.15) is 11.9 Å². The van der Waals surface area contributed by atoms with Gasteiger partial charge in [-0.05, 0) is 49.2 Å². The maximum atomic E-state index is 13.4. The number of carbonyl (C=O) groups is 2. The molecule has 1 aliphatic carbocycles. The average molecular weight is 500 g/mol. The van der Waals surface area contributed by atoms with Gasteiger partial charge in [-0.25, -0.2) is 8.78 Å². The first kappa shape index (κ1) is 24.4. The molecule has 1 aromatic heterocycles. The van der Waals surface area contributed by atoms with Crippen molar-refractivity contribution in [1.29, 1.82) is 0 Å². The number of rotatable bonds is 6. The highest BCUT2D eigenvalue weighted by Crippen LogP contribution is 2.37. The summed E-state index contributed by atoms with van der Waals surface area (Å²) in [6, 6.07) is 11.0. The molecule has 0 atom stereocenters. The Morgan fingerprint density at radius 3 is 2.31 bits per heavy atom. The summed E-state index contributed by atoms with van der Waals surface area (Å²) >= 11 is 0. The van der Waals surface area contributed by atoms with Gasteiger partial charge in [-0.15, -0.1) is 5.10 Å². The first-order chi connectivity index (χ1) is 17.4. The molecule has 0 unspecified atom stereocenters. The molecule has 36 heavy (non-hydrogen) atoms. The maximum Gasteiger partial charge on any atom is 0.248 e. The van der Waals surface area contributed by atoms with E-state index in [1.165, 1.54) is 0 Å². The first-order valence-corrected chi connectivity index (χ1v) is 12.6. The lowest BCUT2D eigenvalue weighted by Gasteiger charge is -2.38. The quantitative estimate of drug-likeness (QED) is 0.652. The monoisotopic (exact) mass is 499 g/mol. The van der Waals surface area contributed by atoms with Crippen LogP contribution in [0.3, 0.4) is 0 Å². The van der Waals surface area contributed by atoms with Gasteiger partial charge in [-0.1, -0.05) is 0 Å². The summed E-state index contributed by atoms with van der Waals surface area (Å²) in [6.07, 6.45) is 3.18. The fraction of sp³-hybridized carbons (Fsp3) is 0.538. The number of likely N-dealkylation sites (tertiary alicyclic amines) is 1. The van der Waals surface area contributed by atoms with Gasteiger partial charge in [0.15, 0.2) is 5.82 Å². The van der Waals surface area contributed by atoms with Crippen LogP contribution in [0.2, 0.25) is 0 Å². The van der Waals surface area contributed by atoms with Gasteiger partial charge in [-0.2, -0.15) is 5.10 Å². The molecule has 2 amide bonds. The Balaban J connectivity index is 1.03. The normalized spacial score (nSPS) is 21.1. The molecule has 3 aliphatic rings. The fourth-order valence-electron chi connectivity index (χ4n) is 5.09. The molecule has 1 aromatic carbocycles. The molecule has 0 bridgehead atoms. The van der Waals surface area contributed by atoms with Gasteiger partial charge in [0.25, 0.3) is 0 Å². The van der Waals surface area contributed by atoms with E-state index in [-0.39, 0.29) is 55.4 Å². The maximum absolute atomic E-state index is 13.4. The van der Waals surface area contributed by atoms with Crippen molar-refractivity contribution in [2.75, 3.05) is 36.4 Å². The van der Waals surface area contributed by atoms with Crippen LogP contribution in [0.5, 0.6) is 5.75 Å². The van der Waals surface area contributed by atoms with E-state index < -0.39 is 5.92 Å². The molecule has 3 fully saturated rings. The summed E-state index contributed by atoms with van der Waals surface area (Å²) in [5.41, 5.74) is 0.712. The second-order valence-electron chi connectivity index (χ2n) is 9.97. The van der Waals surface area contributed by atoms with Crippen LogP contribution in [0.1, 0.15) is 38.5 Å². The molecule has 0 radical (unpaired) electrons. The number of amides is 2. The number of aromatic nitrogens is 2. The third-order valence-electron chi connectivity index (χ3n) is 7.38. The van der Waals surface area contributed by atoms with Crippen LogP contribution < -0.4 is 15.0 Å². The molecule has 2 aromatic rings. The SMILES string of the molecule is O=C(Nc1ccc(OC2CCN(C(=O)C3CCC(F)(F)CC3)CC2)cc1)C1CN(c2cccnn2)C1. The lowest BCUT2D eigenvalue weighted by atomic mass is 9.85. The zero-order valence-corrected chi connectivity index (χ0v) is 20.1. The van der Waals surface area contributed by atoms with Crippen molar-refractivity contribution in [3.63, 3.8) is 0 Å². The summed E-state index contributed by atoms with van der Waals surface area (Å²) in [7, 11) is 0. The number of benzene rings is 1. The van der Waals surface area contributed by atoms with Crippen molar-refractivity contribution in [2.24, 2.45) is 11.8 Å². The summed E-state index contributed by atoms with van der Waals surface area (Å²) in [5.74, 6) is -1.52. The number of alkyl halides is 2. The van der Waals surface area contributed by atoms with E-state index in [1.54, 1.807) is 11.1 Å². The largest absolute Gasteiger partial charge is 0.490 e. The van der Waals surface area contributed by atoms with Gasteiger partial charge in [0.2, 0.25) is 17.7 Å². The van der Waals surface area contributed by atoms with Gasteiger partial charge in [0.05, 0.1) is 5.92 Å². The van der Waals surface area contributed by atoms with Crippen LogP contribution in [0.15, 0.2) is 42.6 Å². The lowest BCUT2D eigenvalue weighted by molar-refractivity contribution is -0.141. The number of piperidine rings is 1. The van der Waals surface area contributed by atoms with Crippen molar-refractivity contribution in [2.45, 2.75) is 50.6 Å². The van der Waals surface area contributed by atoms with Crippen LogP contribution in [0.25, 0.3) is 0 Å². The number of hydrogen-bond donors (Lipinski definition) is 1. The third kappa shape index (κ3) is 5.74. The van der Waals surface area contributed by atoms with Crippen LogP contribution in [-0.4, -0.2) is 65.1 Å². The Kier molecular flexibility index (Phi) is 7.02. The van der Waals surface area contributed by atoms with E-state index in [0.29, 0.717) is 50.5 Å². The van der Waals surface area contributed by atoms with E-state index in [4.69, 9.17) is 4.74 Å². The molecule has 2 aliphatic heterocycles. The number of anilines is 2. The highest BCUT2D eigenvalue weighted by Gasteiger charge is 2.39. The van der Waals surface area contributed by atoms with Crippen molar-refractivity contribution in [3.8, 4) is 5.75 Å². The highest BCUT2D eigenvalue weighted by atomic mass is 19.3. The molecule has 10 heteroatoms.